The van der Waals surface area contributed by atoms with Crippen LogP contribution >= 0.6 is 0 Å². The number of aliphatic hydroxyl groups is 2. The van der Waals surface area contributed by atoms with Crippen LogP contribution in [0.15, 0.2) is 18.2 Å². The number of methoxy groups -OCH3 is 2. The Kier molecular flexibility index (Phi) is 6.27. The van der Waals surface area contributed by atoms with Gasteiger partial charge in [-0.05, 0) is 56.8 Å². The molecule has 2 atom stereocenters. The summed E-state index contributed by atoms with van der Waals surface area (Å²) in [5.41, 5.74) is 0.906. The van der Waals surface area contributed by atoms with E-state index in [-0.39, 0.29) is 12.1 Å². The number of ether oxygens (including phenoxy) is 2. The van der Waals surface area contributed by atoms with E-state index in [1.54, 1.807) is 21.1 Å². The Morgan fingerprint density at radius 3 is 2.61 bits per heavy atom. The Bertz CT molecular complexity index is 506. The van der Waals surface area contributed by atoms with Gasteiger partial charge in [0.05, 0.1) is 26.9 Å². The van der Waals surface area contributed by atoms with Crippen LogP contribution in [0, 0.1) is 0 Å². The Balaban J connectivity index is 2.04. The molecule has 1 aromatic rings. The molecule has 0 saturated carbocycles. The largest absolute Gasteiger partial charge is 0.493 e. The summed E-state index contributed by atoms with van der Waals surface area (Å²) in [4.78, 5) is 2.33. The molecule has 1 saturated heterocycles. The van der Waals surface area contributed by atoms with Crippen molar-refractivity contribution >= 4 is 0 Å². The summed E-state index contributed by atoms with van der Waals surface area (Å²) in [5.74, 6) is 1.47. The highest BCUT2D eigenvalue weighted by Crippen LogP contribution is 2.34. The van der Waals surface area contributed by atoms with Gasteiger partial charge in [-0.1, -0.05) is 6.07 Å². The zero-order valence-electron chi connectivity index (χ0n) is 14.4. The topological polar surface area (TPSA) is 62.2 Å². The normalized spacial score (nSPS) is 23.0. The summed E-state index contributed by atoms with van der Waals surface area (Å²) >= 11 is 0. The molecule has 0 amide bonds. The van der Waals surface area contributed by atoms with E-state index in [1.165, 1.54) is 5.56 Å². The van der Waals surface area contributed by atoms with Crippen molar-refractivity contribution in [3.63, 3.8) is 0 Å². The molecule has 2 N–H and O–H groups in total. The van der Waals surface area contributed by atoms with E-state index in [1.807, 2.05) is 18.2 Å². The second-order valence-corrected chi connectivity index (χ2v) is 6.47. The predicted octanol–water partition coefficient (Wildman–Crippen LogP) is 1.84. The van der Waals surface area contributed by atoms with E-state index in [9.17, 15) is 10.2 Å². The molecule has 0 radical (unpaired) electrons. The molecular formula is C18H29NO4. The molecule has 1 heterocycles. The van der Waals surface area contributed by atoms with Crippen LogP contribution < -0.4 is 9.47 Å². The lowest BCUT2D eigenvalue weighted by Gasteiger charge is -2.38. The van der Waals surface area contributed by atoms with Gasteiger partial charge < -0.3 is 19.7 Å². The van der Waals surface area contributed by atoms with E-state index >= 15 is 0 Å². The Morgan fingerprint density at radius 1 is 1.26 bits per heavy atom. The molecule has 23 heavy (non-hydrogen) atoms. The first-order valence-electron chi connectivity index (χ1n) is 8.29. The lowest BCUT2D eigenvalue weighted by Crippen LogP contribution is -2.49. The molecule has 1 fully saturated rings. The fraction of sp³-hybridized carbons (Fsp3) is 0.667. The molecule has 130 valence electrons. The standard InChI is InChI=1S/C18H29NO4/c1-14(21)12-18(13-20)8-4-9-19(18)10-7-15-5-6-16(22-2)17(11-15)23-3/h5-6,11,14,20-21H,4,7-10,12-13H2,1-3H3. The Hall–Kier alpha value is -1.30. The van der Waals surface area contributed by atoms with Gasteiger partial charge in [0.15, 0.2) is 11.5 Å². The van der Waals surface area contributed by atoms with Crippen LogP contribution in [-0.4, -0.2) is 60.7 Å². The maximum Gasteiger partial charge on any atom is 0.160 e. The fourth-order valence-electron chi connectivity index (χ4n) is 3.67. The summed E-state index contributed by atoms with van der Waals surface area (Å²) in [6, 6.07) is 5.98. The first-order valence-corrected chi connectivity index (χ1v) is 8.29. The first kappa shape index (κ1) is 18.0. The molecular weight excluding hydrogens is 294 g/mol. The third-order valence-corrected chi connectivity index (χ3v) is 4.83. The van der Waals surface area contributed by atoms with Crippen LogP contribution in [0.5, 0.6) is 11.5 Å². The lowest BCUT2D eigenvalue weighted by molar-refractivity contribution is 0.0210. The third-order valence-electron chi connectivity index (χ3n) is 4.83. The summed E-state index contributed by atoms with van der Waals surface area (Å²) in [7, 11) is 3.27. The van der Waals surface area contributed by atoms with Gasteiger partial charge >= 0.3 is 0 Å². The molecule has 1 aromatic carbocycles. The van der Waals surface area contributed by atoms with Gasteiger partial charge in [0.2, 0.25) is 0 Å². The number of rotatable bonds is 8. The Labute approximate surface area is 138 Å². The van der Waals surface area contributed by atoms with Gasteiger partial charge in [0, 0.05) is 12.1 Å². The molecule has 0 aliphatic carbocycles. The van der Waals surface area contributed by atoms with Gasteiger partial charge in [-0.15, -0.1) is 0 Å². The van der Waals surface area contributed by atoms with Crippen LogP contribution in [0.3, 0.4) is 0 Å². The van der Waals surface area contributed by atoms with Gasteiger partial charge in [-0.2, -0.15) is 0 Å². The molecule has 0 aromatic heterocycles. The second-order valence-electron chi connectivity index (χ2n) is 6.47. The molecule has 1 aliphatic rings. The van der Waals surface area contributed by atoms with Crippen LogP contribution in [0.2, 0.25) is 0 Å². The van der Waals surface area contributed by atoms with E-state index in [0.29, 0.717) is 6.42 Å². The molecule has 0 spiro atoms. The molecule has 1 aliphatic heterocycles. The monoisotopic (exact) mass is 323 g/mol. The number of likely N-dealkylation sites (tertiary alicyclic amines) is 1. The average Bonchev–Trinajstić information content (AvgIpc) is 2.94. The SMILES string of the molecule is COc1ccc(CCN2CCCC2(CO)CC(C)O)cc1OC. The van der Waals surface area contributed by atoms with Crippen molar-refractivity contribution in [3.8, 4) is 11.5 Å². The van der Waals surface area contributed by atoms with Crippen molar-refractivity contribution in [2.45, 2.75) is 44.2 Å². The van der Waals surface area contributed by atoms with Gasteiger partial charge in [-0.3, -0.25) is 4.90 Å². The fourth-order valence-corrected chi connectivity index (χ4v) is 3.67. The van der Waals surface area contributed by atoms with Crippen molar-refractivity contribution in [1.82, 2.24) is 4.90 Å². The van der Waals surface area contributed by atoms with Crippen molar-refractivity contribution < 1.29 is 19.7 Å². The molecule has 5 nitrogen and oxygen atoms in total. The Morgan fingerprint density at radius 2 is 2.00 bits per heavy atom. The van der Waals surface area contributed by atoms with E-state index in [0.717, 1.165) is 43.9 Å². The second kappa shape index (κ2) is 7.99. The van der Waals surface area contributed by atoms with Gasteiger partial charge in [0.25, 0.3) is 0 Å². The van der Waals surface area contributed by atoms with Crippen LogP contribution in [-0.2, 0) is 6.42 Å². The zero-order chi connectivity index (χ0) is 16.9. The summed E-state index contributed by atoms with van der Waals surface area (Å²) in [6.45, 7) is 3.73. The minimum absolute atomic E-state index is 0.101. The van der Waals surface area contributed by atoms with E-state index in [2.05, 4.69) is 4.90 Å². The molecule has 0 bridgehead atoms. The first-order chi connectivity index (χ1) is 11.0. The lowest BCUT2D eigenvalue weighted by atomic mass is 9.90. The summed E-state index contributed by atoms with van der Waals surface area (Å²) < 4.78 is 10.6. The third kappa shape index (κ3) is 4.16. The number of nitrogens with zero attached hydrogens (tertiary/aromatic N) is 1. The van der Waals surface area contributed by atoms with Gasteiger partial charge in [-0.25, -0.2) is 0 Å². The molecule has 2 rings (SSSR count). The van der Waals surface area contributed by atoms with Crippen LogP contribution in [0.25, 0.3) is 0 Å². The maximum atomic E-state index is 9.89. The van der Waals surface area contributed by atoms with Crippen molar-refractivity contribution in [2.75, 3.05) is 33.9 Å². The van der Waals surface area contributed by atoms with Crippen molar-refractivity contribution in [3.05, 3.63) is 23.8 Å². The summed E-state index contributed by atoms with van der Waals surface area (Å²) in [6.07, 6.45) is 3.11. The highest BCUT2D eigenvalue weighted by atomic mass is 16.5. The van der Waals surface area contributed by atoms with Crippen molar-refractivity contribution in [2.24, 2.45) is 0 Å². The van der Waals surface area contributed by atoms with E-state index in [4.69, 9.17) is 9.47 Å². The molecule has 2 unspecified atom stereocenters. The minimum atomic E-state index is -0.399. The predicted molar refractivity (Wildman–Crippen MR) is 90.2 cm³/mol. The quantitative estimate of drug-likeness (QED) is 0.764. The summed E-state index contributed by atoms with van der Waals surface area (Å²) in [5, 5.41) is 19.7. The number of aliphatic hydroxyl groups excluding tert-OH is 2. The smallest absolute Gasteiger partial charge is 0.160 e. The minimum Gasteiger partial charge on any atom is -0.493 e. The van der Waals surface area contributed by atoms with Crippen molar-refractivity contribution in [1.29, 1.82) is 0 Å². The number of hydrogen-bond acceptors (Lipinski definition) is 5. The zero-order valence-corrected chi connectivity index (χ0v) is 14.4. The van der Waals surface area contributed by atoms with Gasteiger partial charge in [0.1, 0.15) is 0 Å². The highest BCUT2D eigenvalue weighted by molar-refractivity contribution is 5.42. The average molecular weight is 323 g/mol. The maximum absolute atomic E-state index is 9.89. The highest BCUT2D eigenvalue weighted by Gasteiger charge is 2.40. The van der Waals surface area contributed by atoms with Crippen LogP contribution in [0.4, 0.5) is 0 Å². The number of hydrogen-bond donors (Lipinski definition) is 2. The van der Waals surface area contributed by atoms with Crippen LogP contribution in [0.1, 0.15) is 31.7 Å². The van der Waals surface area contributed by atoms with E-state index < -0.39 is 6.10 Å². The number of benzene rings is 1. The molecule has 5 heteroatoms.